The summed E-state index contributed by atoms with van der Waals surface area (Å²) in [5.41, 5.74) is 0.325. The number of halogens is 3. The fourth-order valence-electron chi connectivity index (χ4n) is 2.01. The second-order valence-corrected chi connectivity index (χ2v) is 5.83. The minimum Gasteiger partial charge on any atom is -0.363 e. The van der Waals surface area contributed by atoms with Crippen LogP contribution in [0.15, 0.2) is 17.1 Å². The van der Waals surface area contributed by atoms with Crippen LogP contribution in [0, 0.1) is 0 Å². The number of amides is 2. The van der Waals surface area contributed by atoms with Gasteiger partial charge in [0.2, 0.25) is 0 Å². The first-order valence-electron chi connectivity index (χ1n) is 6.21. The number of aliphatic imine (C=N–C) groups is 1. The number of benzene rings is 1. The Bertz CT molecular complexity index is 537. The number of hydrogen-bond acceptors (Lipinski definition) is 1. The minimum absolute atomic E-state index is 0.285. The van der Waals surface area contributed by atoms with Gasteiger partial charge in [0.1, 0.15) is 5.84 Å². The Kier molecular flexibility index (Phi) is 5.13. The summed E-state index contributed by atoms with van der Waals surface area (Å²) in [6.07, 6.45) is 2.96. The molecule has 0 aliphatic carbocycles. The summed E-state index contributed by atoms with van der Waals surface area (Å²) in [6, 6.07) is 2.55. The Labute approximate surface area is 132 Å². The van der Waals surface area contributed by atoms with Gasteiger partial charge < -0.3 is 10.2 Å². The monoisotopic (exact) mass is 333 g/mol. The first kappa shape index (κ1) is 15.4. The molecule has 0 spiro atoms. The molecule has 1 aliphatic rings. The summed E-state index contributed by atoms with van der Waals surface area (Å²) in [5, 5.41) is 3.58. The topological polar surface area (TPSA) is 44.7 Å². The number of likely N-dealkylation sites (tertiary alicyclic amines) is 1. The number of rotatable bonds is 1. The third-order valence-electron chi connectivity index (χ3n) is 3.05. The third-order valence-corrected chi connectivity index (χ3v) is 3.87. The maximum atomic E-state index is 11.9. The molecule has 0 radical (unpaired) electrons. The van der Waals surface area contributed by atoms with Gasteiger partial charge >= 0.3 is 6.03 Å². The highest BCUT2D eigenvalue weighted by Crippen LogP contribution is 2.33. The van der Waals surface area contributed by atoms with Gasteiger partial charge in [0.15, 0.2) is 0 Å². The molecule has 1 aliphatic heterocycles. The normalized spacial score (nSPS) is 17.4. The van der Waals surface area contributed by atoms with Gasteiger partial charge in [0.25, 0.3) is 0 Å². The molecular formula is C13H14Cl3N3O. The summed E-state index contributed by atoms with van der Waals surface area (Å²) in [5.74, 6) is 0.773. The highest BCUT2D eigenvalue weighted by molar-refractivity contribution is 6.42. The Morgan fingerprint density at radius 1 is 1.25 bits per heavy atom. The smallest absolute Gasteiger partial charge is 0.347 e. The molecular weight excluding hydrogens is 321 g/mol. The van der Waals surface area contributed by atoms with E-state index in [0.717, 1.165) is 31.6 Å². The van der Waals surface area contributed by atoms with Crippen LogP contribution in [0.1, 0.15) is 19.3 Å². The number of hydrogen-bond donors (Lipinski definition) is 1. The second-order valence-electron chi connectivity index (χ2n) is 4.58. The predicted molar refractivity (Wildman–Crippen MR) is 84.4 cm³/mol. The van der Waals surface area contributed by atoms with E-state index in [2.05, 4.69) is 10.3 Å². The zero-order valence-corrected chi connectivity index (χ0v) is 13.2. The highest BCUT2D eigenvalue weighted by Gasteiger charge is 2.15. The second kappa shape index (κ2) is 6.66. The zero-order chi connectivity index (χ0) is 14.7. The van der Waals surface area contributed by atoms with Crippen LogP contribution in [0.25, 0.3) is 0 Å². The molecule has 1 saturated heterocycles. The lowest BCUT2D eigenvalue weighted by molar-refractivity contribution is 0.259. The number of anilines is 1. The lowest BCUT2D eigenvalue weighted by Crippen LogP contribution is -2.32. The van der Waals surface area contributed by atoms with E-state index in [4.69, 9.17) is 34.8 Å². The van der Waals surface area contributed by atoms with Gasteiger partial charge in [-0.25, -0.2) is 4.79 Å². The molecule has 2 amide bonds. The van der Waals surface area contributed by atoms with Crippen molar-refractivity contribution < 1.29 is 4.79 Å². The van der Waals surface area contributed by atoms with Gasteiger partial charge in [0, 0.05) is 25.0 Å². The quantitative estimate of drug-likeness (QED) is 0.809. The van der Waals surface area contributed by atoms with Crippen molar-refractivity contribution in [3.05, 3.63) is 27.2 Å². The van der Waals surface area contributed by atoms with E-state index in [1.165, 1.54) is 12.1 Å². The van der Waals surface area contributed by atoms with Crippen molar-refractivity contribution in [3.63, 3.8) is 0 Å². The molecule has 0 bridgehead atoms. The maximum absolute atomic E-state index is 11.9. The summed E-state index contributed by atoms with van der Waals surface area (Å²) in [4.78, 5) is 18.0. The molecule has 1 aromatic rings. The standard InChI is InChI=1S/C13H14Cl3N3O/c1-19-5-3-2-4-11(19)17-13(20)18-12-9(15)6-8(14)7-10(12)16/h6-7H,2-5H2,1H3,(H,18,20)/b17-11-. The lowest BCUT2D eigenvalue weighted by atomic mass is 10.1. The van der Waals surface area contributed by atoms with Crippen molar-refractivity contribution >= 4 is 52.4 Å². The number of amidine groups is 1. The maximum Gasteiger partial charge on any atom is 0.347 e. The molecule has 0 saturated carbocycles. The van der Waals surface area contributed by atoms with Crippen LogP contribution >= 0.6 is 34.8 Å². The molecule has 7 heteroatoms. The van der Waals surface area contributed by atoms with Gasteiger partial charge in [-0.3, -0.25) is 0 Å². The molecule has 2 rings (SSSR count). The fraction of sp³-hybridized carbons (Fsp3) is 0.385. The summed E-state index contributed by atoms with van der Waals surface area (Å²) in [7, 11) is 1.92. The van der Waals surface area contributed by atoms with Crippen LogP contribution < -0.4 is 5.32 Å². The highest BCUT2D eigenvalue weighted by atomic mass is 35.5. The van der Waals surface area contributed by atoms with E-state index < -0.39 is 6.03 Å². The summed E-state index contributed by atoms with van der Waals surface area (Å²) >= 11 is 17.8. The van der Waals surface area contributed by atoms with E-state index in [1.54, 1.807) is 0 Å². The van der Waals surface area contributed by atoms with E-state index in [-0.39, 0.29) is 10.0 Å². The summed E-state index contributed by atoms with van der Waals surface area (Å²) in [6.45, 7) is 0.911. The first-order valence-corrected chi connectivity index (χ1v) is 7.35. The van der Waals surface area contributed by atoms with Gasteiger partial charge in [-0.05, 0) is 25.0 Å². The molecule has 20 heavy (non-hydrogen) atoms. The lowest BCUT2D eigenvalue weighted by Gasteiger charge is -2.25. The zero-order valence-electron chi connectivity index (χ0n) is 10.9. The van der Waals surface area contributed by atoms with Crippen LogP contribution in [0.4, 0.5) is 10.5 Å². The number of nitrogens with one attached hydrogen (secondary N) is 1. The average Bonchev–Trinajstić information content (AvgIpc) is 2.36. The summed E-state index contributed by atoms with van der Waals surface area (Å²) < 4.78 is 0. The molecule has 0 atom stereocenters. The number of urea groups is 1. The Morgan fingerprint density at radius 2 is 1.90 bits per heavy atom. The Hall–Kier alpha value is -0.970. The molecule has 1 heterocycles. The van der Waals surface area contributed by atoms with Crippen LogP contribution in [-0.2, 0) is 0 Å². The van der Waals surface area contributed by atoms with Crippen molar-refractivity contribution in [2.75, 3.05) is 18.9 Å². The van der Waals surface area contributed by atoms with Gasteiger partial charge in [0.05, 0.1) is 15.7 Å². The fourth-order valence-corrected chi connectivity index (χ4v) is 2.92. The van der Waals surface area contributed by atoms with Gasteiger partial charge in [-0.1, -0.05) is 34.8 Å². The average molecular weight is 335 g/mol. The van der Waals surface area contributed by atoms with Crippen LogP contribution in [0.2, 0.25) is 15.1 Å². The first-order chi connectivity index (χ1) is 9.47. The van der Waals surface area contributed by atoms with Crippen LogP contribution in [-0.4, -0.2) is 30.4 Å². The molecule has 108 valence electrons. The van der Waals surface area contributed by atoms with Gasteiger partial charge in [-0.2, -0.15) is 4.99 Å². The van der Waals surface area contributed by atoms with Crippen molar-refractivity contribution in [1.29, 1.82) is 0 Å². The Morgan fingerprint density at radius 3 is 2.50 bits per heavy atom. The van der Waals surface area contributed by atoms with E-state index >= 15 is 0 Å². The molecule has 1 N–H and O–H groups in total. The van der Waals surface area contributed by atoms with E-state index in [0.29, 0.717) is 10.7 Å². The van der Waals surface area contributed by atoms with Crippen molar-refractivity contribution in [2.45, 2.75) is 19.3 Å². The number of piperidine rings is 1. The van der Waals surface area contributed by atoms with E-state index in [9.17, 15) is 4.79 Å². The molecule has 0 aromatic heterocycles. The predicted octanol–water partition coefficient (Wildman–Crippen LogP) is 4.69. The third kappa shape index (κ3) is 3.78. The van der Waals surface area contributed by atoms with Crippen molar-refractivity contribution in [2.24, 2.45) is 4.99 Å². The number of nitrogens with zero attached hydrogens (tertiary/aromatic N) is 2. The van der Waals surface area contributed by atoms with Gasteiger partial charge in [-0.15, -0.1) is 0 Å². The van der Waals surface area contributed by atoms with Crippen LogP contribution in [0.3, 0.4) is 0 Å². The Balaban J connectivity index is 2.14. The number of carbonyl (C=O) groups is 1. The molecule has 1 fully saturated rings. The number of carbonyl (C=O) groups excluding carboxylic acids is 1. The van der Waals surface area contributed by atoms with Crippen molar-refractivity contribution in [3.8, 4) is 0 Å². The van der Waals surface area contributed by atoms with Crippen LogP contribution in [0.5, 0.6) is 0 Å². The molecule has 1 aromatic carbocycles. The van der Waals surface area contributed by atoms with Crippen molar-refractivity contribution in [1.82, 2.24) is 4.90 Å². The molecule has 0 unspecified atom stereocenters. The SMILES string of the molecule is CN1CCCC/C1=N/C(=O)Nc1c(Cl)cc(Cl)cc1Cl. The van der Waals surface area contributed by atoms with E-state index in [1.807, 2.05) is 11.9 Å². The largest absolute Gasteiger partial charge is 0.363 e. The molecule has 4 nitrogen and oxygen atoms in total. The minimum atomic E-state index is -0.486.